The van der Waals surface area contributed by atoms with Gasteiger partial charge in [-0.25, -0.2) is 28.7 Å². The number of carbonyl (C=O) groups is 6. The second-order valence-electron chi connectivity index (χ2n) is 28.5. The molecule has 8 aromatic rings. The number of alkyl halides is 6. The molecule has 26 nitrogen and oxygen atoms in total. The maximum absolute atomic E-state index is 14.9. The Labute approximate surface area is 638 Å². The number of rotatable bonds is 24. The molecule has 112 heavy (non-hydrogen) atoms. The summed E-state index contributed by atoms with van der Waals surface area (Å²) in [6.45, 7) is 15.3. The van der Waals surface area contributed by atoms with Crippen LogP contribution in [0, 0.1) is 46.9 Å². The van der Waals surface area contributed by atoms with Gasteiger partial charge in [-0.2, -0.15) is 35.1 Å². The van der Waals surface area contributed by atoms with Crippen LogP contribution in [0.2, 0.25) is 0 Å². The van der Waals surface area contributed by atoms with E-state index in [0.717, 1.165) is 124 Å². The number of hydrogen-bond acceptors (Lipinski definition) is 18. The maximum Gasteiger partial charge on any atom is 0.430 e. The van der Waals surface area contributed by atoms with Crippen molar-refractivity contribution in [1.29, 1.82) is 0 Å². The Balaban J connectivity index is 0.000000219. The number of aliphatic carboxylic acids is 2. The Bertz CT molecular complexity index is 4340. The minimum Gasteiger partial charge on any atom is -0.542 e. The third-order valence-corrected chi connectivity index (χ3v) is 20.4. The highest BCUT2D eigenvalue weighted by molar-refractivity contribution is 5.97. The van der Waals surface area contributed by atoms with Crippen LogP contribution >= 0.6 is 0 Å². The molecule has 4 aromatic carbocycles. The Morgan fingerprint density at radius 2 is 0.866 bits per heavy atom. The summed E-state index contributed by atoms with van der Waals surface area (Å²) >= 11 is 0. The lowest BCUT2D eigenvalue weighted by Crippen LogP contribution is -2.55. The molecule has 4 saturated heterocycles. The average Bonchev–Trinajstić information content (AvgIpc) is 1.60. The second-order valence-corrected chi connectivity index (χ2v) is 28.5. The molecule has 604 valence electrons. The fraction of sp³-hybridized carbons (Fsp3) is 0.447. The zero-order valence-electron chi connectivity index (χ0n) is 62.5. The Hall–Kier alpha value is -10.7. The smallest absolute Gasteiger partial charge is 0.430 e. The predicted octanol–water partition coefficient (Wildman–Crippen LogP) is 7.20. The number of likely N-dealkylation sites (N-methyl/N-ethyl adjacent to an activating group) is 2. The van der Waals surface area contributed by atoms with Gasteiger partial charge in [-0.15, -0.1) is 0 Å². The highest BCUT2D eigenvalue weighted by atomic mass is 19.4. The molecular weight excluding hydrogens is 1490 g/mol. The number of aromatic nitrogens is 6. The summed E-state index contributed by atoms with van der Waals surface area (Å²) in [5.74, 6) is -7.90. The first-order valence-corrected chi connectivity index (χ1v) is 36.5. The molecule has 4 amide bonds. The van der Waals surface area contributed by atoms with Crippen LogP contribution in [0.4, 0.5) is 66.9 Å². The van der Waals surface area contributed by atoms with Crippen molar-refractivity contribution in [3.63, 3.8) is 0 Å². The quantitative estimate of drug-likeness (QED) is 0.0219. The van der Waals surface area contributed by atoms with E-state index in [-0.39, 0.29) is 46.3 Å². The van der Waals surface area contributed by atoms with Crippen molar-refractivity contribution >= 4 is 69.9 Å². The number of amides is 4. The highest BCUT2D eigenvalue weighted by Crippen LogP contribution is 2.35. The van der Waals surface area contributed by atoms with E-state index in [1.807, 2.05) is 38.1 Å². The molecule has 2 atom stereocenters. The number of carboxylic acid groups (broad SMARTS) is 2. The third-order valence-electron chi connectivity index (χ3n) is 20.4. The summed E-state index contributed by atoms with van der Waals surface area (Å²) in [5.41, 5.74) is 6.08. The molecule has 0 bridgehead atoms. The van der Waals surface area contributed by atoms with Crippen molar-refractivity contribution in [1.82, 2.24) is 60.6 Å². The molecule has 4 fully saturated rings. The van der Waals surface area contributed by atoms with Gasteiger partial charge in [0.2, 0.25) is 11.6 Å². The molecule has 2 unspecified atom stereocenters. The molecule has 4 aliphatic heterocycles. The van der Waals surface area contributed by atoms with Gasteiger partial charge in [-0.3, -0.25) is 28.0 Å². The molecule has 0 saturated carbocycles. The number of carboxylic acids is 2. The standard InChI is InChI=1S/2C36H44F2N8O3.2C2HF3O2/c2*1-4-25-17-26(44-34-35-42-21-29(45(35)14-13-40-34)28-7-8-30(49-3)33(38)32(28)37)5-6-27(25)36(48)43-19-23-10-15-46(2,16-11-23)22-31(47)41-20-24-9-12-39-18-24;2*3-2(4,5)1(6)7/h2*5-8,13-14,17,21,23-24,39H,4,9-12,15-16,18-20,22H2,1-3H3,(H2-,40,41,43,44,47,48);2*(H,6,7). The number of carbonyl (C=O) groups excluding carboxylic acids is 6. The van der Waals surface area contributed by atoms with Gasteiger partial charge < -0.3 is 80.8 Å². The number of aryl methyl sites for hydroxylation is 2. The number of imidazole rings is 2. The predicted molar refractivity (Wildman–Crippen MR) is 390 cm³/mol. The fourth-order valence-electron chi connectivity index (χ4n) is 13.8. The zero-order valence-corrected chi connectivity index (χ0v) is 62.5. The molecule has 0 aliphatic carbocycles. The third kappa shape index (κ3) is 22.3. The summed E-state index contributed by atoms with van der Waals surface area (Å²) in [7, 11) is 6.87. The van der Waals surface area contributed by atoms with E-state index >= 15 is 0 Å². The van der Waals surface area contributed by atoms with E-state index in [2.05, 4.69) is 76.6 Å². The zero-order chi connectivity index (χ0) is 81.2. The number of benzene rings is 4. The van der Waals surface area contributed by atoms with Gasteiger partial charge in [-0.1, -0.05) is 13.8 Å². The van der Waals surface area contributed by atoms with E-state index in [4.69, 9.17) is 29.3 Å². The largest absolute Gasteiger partial charge is 0.542 e. The van der Waals surface area contributed by atoms with E-state index < -0.39 is 47.6 Å². The van der Waals surface area contributed by atoms with Crippen molar-refractivity contribution in [3.8, 4) is 34.0 Å². The van der Waals surface area contributed by atoms with Crippen LogP contribution in [-0.2, 0) is 32.0 Å². The number of nitrogens with one attached hydrogen (secondary N) is 8. The first-order chi connectivity index (χ1) is 53.2. The van der Waals surface area contributed by atoms with E-state index in [0.29, 0.717) is 120 Å². The Kier molecular flexibility index (Phi) is 28.9. The lowest BCUT2D eigenvalue weighted by Gasteiger charge is -2.40. The maximum atomic E-state index is 14.9. The van der Waals surface area contributed by atoms with Crippen molar-refractivity contribution in [2.24, 2.45) is 23.7 Å². The first-order valence-electron chi connectivity index (χ1n) is 36.5. The summed E-state index contributed by atoms with van der Waals surface area (Å²) in [6, 6.07) is 16.7. The topological polar surface area (TPSA) is 324 Å². The van der Waals surface area contributed by atoms with Crippen LogP contribution in [0.3, 0.4) is 0 Å². The van der Waals surface area contributed by atoms with E-state index in [1.165, 1.54) is 50.9 Å². The molecular formula is C76H90F10N16O10. The minimum atomic E-state index is -5.19. The van der Waals surface area contributed by atoms with E-state index in [1.54, 1.807) is 45.7 Å². The number of halogens is 10. The monoisotopic (exact) mass is 1580 g/mol. The van der Waals surface area contributed by atoms with Gasteiger partial charge in [0.1, 0.15) is 11.9 Å². The number of hydrogen-bond donors (Lipinski definition) is 8. The Morgan fingerprint density at radius 1 is 0.509 bits per heavy atom. The molecule has 12 rings (SSSR count). The molecule has 8 heterocycles. The molecule has 8 N–H and O–H groups in total. The number of methoxy groups -OCH3 is 2. The van der Waals surface area contributed by atoms with Gasteiger partial charge in [0.05, 0.1) is 78.3 Å². The number of anilines is 4. The first kappa shape index (κ1) is 85.3. The second kappa shape index (κ2) is 38.0. The van der Waals surface area contributed by atoms with Crippen LogP contribution in [0.1, 0.15) is 84.2 Å². The number of nitrogens with zero attached hydrogens (tertiary/aromatic N) is 8. The van der Waals surface area contributed by atoms with Crippen molar-refractivity contribution in [3.05, 3.63) is 143 Å². The summed E-state index contributed by atoms with van der Waals surface area (Å²) in [5, 5.41) is 43.3. The lowest BCUT2D eigenvalue weighted by molar-refractivity contribution is -0.907. The fourth-order valence-corrected chi connectivity index (χ4v) is 13.8. The molecule has 0 spiro atoms. The number of likely N-dealkylation sites (tertiary alicyclic amines) is 2. The summed E-state index contributed by atoms with van der Waals surface area (Å²) in [6.07, 6.45) is 6.25. The van der Waals surface area contributed by atoms with Crippen molar-refractivity contribution in [2.45, 2.75) is 77.6 Å². The Morgan fingerprint density at radius 3 is 1.19 bits per heavy atom. The number of piperidine rings is 2. The van der Waals surface area contributed by atoms with Gasteiger partial charge in [-0.05, 0) is 147 Å². The van der Waals surface area contributed by atoms with Crippen LogP contribution < -0.4 is 62.2 Å². The van der Waals surface area contributed by atoms with Gasteiger partial charge in [0.15, 0.2) is 59.2 Å². The number of quaternary nitrogens is 2. The van der Waals surface area contributed by atoms with Crippen LogP contribution in [-0.4, -0.2) is 206 Å². The van der Waals surface area contributed by atoms with Gasteiger partial charge in [0.25, 0.3) is 23.6 Å². The average molecular weight is 1580 g/mol. The van der Waals surface area contributed by atoms with E-state index in [9.17, 15) is 63.1 Å². The van der Waals surface area contributed by atoms with Crippen LogP contribution in [0.25, 0.3) is 33.8 Å². The summed E-state index contributed by atoms with van der Waals surface area (Å²) < 4.78 is 136. The number of ether oxygens (including phenoxy) is 2. The highest BCUT2D eigenvalue weighted by Gasteiger charge is 2.36. The molecule has 4 aliphatic rings. The molecule has 0 radical (unpaired) electrons. The van der Waals surface area contributed by atoms with Crippen molar-refractivity contribution < 1.29 is 101 Å². The van der Waals surface area contributed by atoms with Gasteiger partial charge >= 0.3 is 12.4 Å². The lowest BCUT2D eigenvalue weighted by atomic mass is 9.94. The normalized spacial score (nSPS) is 19.5. The molecule has 36 heteroatoms. The van der Waals surface area contributed by atoms with Crippen molar-refractivity contribution in [2.75, 3.05) is 131 Å². The number of fused-ring (bicyclic) bond motifs is 2. The SMILES string of the molecule is CCc1cc(Nc2nccn3c(-c4ccc(OC)c(F)c4F)cnc23)ccc1C(=O)NCC1CC[N+](C)(CC(=O)NCC2CCNC2)CC1.CCc1cc(Nc2nccn3c(-c4ccc(OC)c(F)c4F)cnc23)ccc1C(=O)NCC1CC[N+](C)(CC(=O)NCC2CCNC2)CC1.O=C([O-])C(F)(F)F.O=C([O-])C(F)(F)F. The van der Waals surface area contributed by atoms with Crippen LogP contribution in [0.5, 0.6) is 11.5 Å². The van der Waals surface area contributed by atoms with Crippen LogP contribution in [0.15, 0.2) is 97.8 Å². The summed E-state index contributed by atoms with van der Waals surface area (Å²) in [4.78, 5) is 87.2. The molecule has 4 aromatic heterocycles. The van der Waals surface area contributed by atoms with Gasteiger partial charge in [0, 0.05) is 110 Å². The minimum absolute atomic E-state index is 0.0446.